The van der Waals surface area contributed by atoms with Crippen LogP contribution in [0.4, 0.5) is 5.69 Å². The smallest absolute Gasteiger partial charge is 0.335 e. The van der Waals surface area contributed by atoms with Crippen LogP contribution < -0.4 is 20.7 Å². The highest BCUT2D eigenvalue weighted by molar-refractivity contribution is 14.1. The normalized spacial score (nSPS) is 22.4. The minimum absolute atomic E-state index is 0.00938. The van der Waals surface area contributed by atoms with Crippen molar-refractivity contribution in [2.24, 2.45) is 5.92 Å². The first-order valence-corrected chi connectivity index (χ1v) is 16.4. The highest BCUT2D eigenvalue weighted by Gasteiger charge is 2.48. The lowest BCUT2D eigenvalue weighted by atomic mass is 9.99. The number of anilines is 1. The highest BCUT2D eigenvalue weighted by Crippen LogP contribution is 2.31. The van der Waals surface area contributed by atoms with E-state index in [-0.39, 0.29) is 49.9 Å². The zero-order chi connectivity index (χ0) is 37.1. The number of alkyl halides is 1. The number of ether oxygens (including phenoxy) is 3. The van der Waals surface area contributed by atoms with Crippen molar-refractivity contribution in [2.75, 3.05) is 25.0 Å². The predicted molar refractivity (Wildman–Crippen MR) is 179 cm³/mol. The topological polar surface area (TPSA) is 267 Å². The van der Waals surface area contributed by atoms with Crippen molar-refractivity contribution >= 4 is 75.8 Å². The zero-order valence-electron chi connectivity index (χ0n) is 26.8. The van der Waals surface area contributed by atoms with Crippen LogP contribution in [0.25, 0.3) is 6.08 Å². The van der Waals surface area contributed by atoms with Gasteiger partial charge in [-0.05, 0) is 46.4 Å². The van der Waals surface area contributed by atoms with E-state index in [0.717, 1.165) is 17.1 Å². The number of nitrogens with one attached hydrogen (secondary N) is 3. The number of aliphatic hydroxyl groups excluding tert-OH is 3. The second kappa shape index (κ2) is 18.5. The summed E-state index contributed by atoms with van der Waals surface area (Å²) in [5.74, 6) is -5.40. The van der Waals surface area contributed by atoms with Crippen LogP contribution in [0.3, 0.4) is 0 Å². The van der Waals surface area contributed by atoms with Gasteiger partial charge in [0.25, 0.3) is 17.7 Å². The first-order chi connectivity index (χ1) is 23.6. The molecule has 0 unspecified atom stereocenters. The summed E-state index contributed by atoms with van der Waals surface area (Å²) in [6, 6.07) is 4.32. The molecule has 2 heterocycles. The van der Waals surface area contributed by atoms with Crippen molar-refractivity contribution in [3.8, 4) is 5.75 Å². The Morgan fingerprint density at radius 2 is 1.68 bits per heavy atom. The van der Waals surface area contributed by atoms with Gasteiger partial charge in [0, 0.05) is 38.1 Å². The van der Waals surface area contributed by atoms with Crippen LogP contribution in [-0.4, -0.2) is 121 Å². The van der Waals surface area contributed by atoms with Gasteiger partial charge in [0.05, 0.1) is 11.6 Å². The molecule has 0 spiro atoms. The summed E-state index contributed by atoms with van der Waals surface area (Å²) in [5.41, 5.74) is 0.499. The van der Waals surface area contributed by atoms with Crippen LogP contribution in [0.15, 0.2) is 36.4 Å². The summed E-state index contributed by atoms with van der Waals surface area (Å²) in [6.45, 7) is 2.99. The molecule has 1 aromatic rings. The molecule has 0 aliphatic carbocycles. The van der Waals surface area contributed by atoms with Crippen LogP contribution in [0, 0.1) is 5.92 Å². The number of halogens is 1. The molecular weight excluding hydrogens is 779 g/mol. The standard InChI is InChI=1S/C31H37IN4O14/c1-15(2)30(47)48-13-3-4-16-5-6-18(49-31-25(43)23(41)24(42)26(50-31)29(45)46)17(14-16)34-19(37)9-11-33-28(44)27(32)35-20(38)10-12-36-21(39)7-8-22(36)40/h3-8,14-15,23-27,31,41-43H,9-13H2,1-2H3,(H,33,44)(H,34,37)(H,35,38)(H,45,46)/b4-3+/t23-,24-,25+,26-,27+,31+/m0/s1. The molecule has 5 amide bonds. The number of aliphatic hydroxyl groups is 3. The van der Waals surface area contributed by atoms with E-state index < -0.39 is 76.2 Å². The molecule has 3 rings (SSSR count). The summed E-state index contributed by atoms with van der Waals surface area (Å²) in [7, 11) is 0. The lowest BCUT2D eigenvalue weighted by Crippen LogP contribution is -2.61. The molecule has 0 radical (unpaired) electrons. The number of nitrogens with zero attached hydrogens (tertiary/aromatic N) is 1. The van der Waals surface area contributed by atoms with Gasteiger partial charge in [-0.25, -0.2) is 4.79 Å². The minimum atomic E-state index is -1.95. The van der Waals surface area contributed by atoms with Gasteiger partial charge < -0.3 is 50.6 Å². The number of aliphatic carboxylic acids is 1. The Hall–Kier alpha value is -4.44. The van der Waals surface area contributed by atoms with Crippen molar-refractivity contribution in [3.05, 3.63) is 42.0 Å². The van der Waals surface area contributed by atoms with Gasteiger partial charge in [0.15, 0.2) is 10.2 Å². The van der Waals surface area contributed by atoms with E-state index in [0.29, 0.717) is 5.56 Å². The van der Waals surface area contributed by atoms with Crippen LogP contribution in [0.5, 0.6) is 5.75 Å². The third kappa shape index (κ3) is 11.3. The highest BCUT2D eigenvalue weighted by atomic mass is 127. The Kier molecular flexibility index (Phi) is 14.8. The van der Waals surface area contributed by atoms with Gasteiger partial charge in [-0.2, -0.15) is 0 Å². The summed E-state index contributed by atoms with van der Waals surface area (Å²) in [5, 5.41) is 47.4. The van der Waals surface area contributed by atoms with Crippen molar-refractivity contribution in [2.45, 2.75) is 61.4 Å². The molecule has 18 nitrogen and oxygen atoms in total. The quantitative estimate of drug-likeness (QED) is 0.0340. The van der Waals surface area contributed by atoms with Crippen LogP contribution in [0.1, 0.15) is 32.3 Å². The maximum absolute atomic E-state index is 12.9. The molecule has 0 aromatic heterocycles. The van der Waals surface area contributed by atoms with Gasteiger partial charge in [0.2, 0.25) is 18.1 Å². The SMILES string of the molecule is CC(C)C(=O)OC/C=C/c1ccc(O[C@@H]2O[C@H](C(=O)O)[C@@H](O)[C@H](O)[C@H]2O)c(NC(=O)CCNC(=O)[C@H](I)NC(=O)CCN2C(=O)C=CC2=O)c1. The first kappa shape index (κ1) is 40.0. The fourth-order valence-electron chi connectivity index (χ4n) is 4.35. The summed E-state index contributed by atoms with van der Waals surface area (Å²) < 4.78 is 14.9. The van der Waals surface area contributed by atoms with Gasteiger partial charge in [-0.1, -0.05) is 26.0 Å². The van der Waals surface area contributed by atoms with Gasteiger partial charge in [-0.3, -0.25) is 33.7 Å². The second-order valence-electron chi connectivity index (χ2n) is 11.2. The van der Waals surface area contributed by atoms with Gasteiger partial charge in [-0.15, -0.1) is 0 Å². The molecular formula is C31H37IN4O14. The largest absolute Gasteiger partial charge is 0.479 e. The van der Waals surface area contributed by atoms with Crippen LogP contribution >= 0.6 is 22.6 Å². The number of benzene rings is 1. The third-order valence-electron chi connectivity index (χ3n) is 7.07. The van der Waals surface area contributed by atoms with E-state index >= 15 is 0 Å². The molecule has 1 aromatic carbocycles. The summed E-state index contributed by atoms with van der Waals surface area (Å²) in [4.78, 5) is 84.9. The van der Waals surface area contributed by atoms with E-state index in [1.807, 2.05) is 0 Å². The number of rotatable bonds is 16. The van der Waals surface area contributed by atoms with Crippen molar-refractivity contribution in [1.29, 1.82) is 0 Å². The number of esters is 1. The number of amides is 5. The average molecular weight is 817 g/mol. The van der Waals surface area contributed by atoms with E-state index in [9.17, 15) is 54.0 Å². The Balaban J connectivity index is 1.62. The molecule has 272 valence electrons. The Morgan fingerprint density at radius 1 is 1.00 bits per heavy atom. The van der Waals surface area contributed by atoms with E-state index in [4.69, 9.17) is 14.2 Å². The minimum Gasteiger partial charge on any atom is -0.479 e. The number of hydrogen-bond acceptors (Lipinski definition) is 13. The number of imide groups is 1. The van der Waals surface area contributed by atoms with Crippen molar-refractivity contribution in [3.63, 3.8) is 0 Å². The molecule has 0 bridgehead atoms. The average Bonchev–Trinajstić information content (AvgIpc) is 3.38. The number of carboxylic acids is 1. The second-order valence-corrected chi connectivity index (χ2v) is 12.5. The fraction of sp³-hybridized carbons (Fsp3) is 0.452. The van der Waals surface area contributed by atoms with Crippen LogP contribution in [-0.2, 0) is 43.0 Å². The summed E-state index contributed by atoms with van der Waals surface area (Å²) >= 11 is 1.66. The number of carboxylic acid groups (broad SMARTS) is 1. The molecule has 50 heavy (non-hydrogen) atoms. The predicted octanol–water partition coefficient (Wildman–Crippen LogP) is -1.19. The number of carbonyl (C=O) groups excluding carboxylic acids is 6. The lowest BCUT2D eigenvalue weighted by Gasteiger charge is -2.38. The molecule has 19 heteroatoms. The van der Waals surface area contributed by atoms with Gasteiger partial charge in [0.1, 0.15) is 30.7 Å². The Bertz CT molecular complexity index is 1510. The molecule has 1 fully saturated rings. The lowest BCUT2D eigenvalue weighted by molar-refractivity contribution is -0.271. The van der Waals surface area contributed by atoms with E-state index in [1.165, 1.54) is 18.2 Å². The first-order valence-electron chi connectivity index (χ1n) is 15.2. The summed E-state index contributed by atoms with van der Waals surface area (Å²) in [6.07, 6.45) is -4.67. The third-order valence-corrected chi connectivity index (χ3v) is 7.95. The fourth-order valence-corrected chi connectivity index (χ4v) is 4.92. The molecule has 2 aliphatic rings. The number of hydrogen-bond donors (Lipinski definition) is 7. The molecule has 0 saturated carbocycles. The number of carbonyl (C=O) groups is 7. The maximum Gasteiger partial charge on any atom is 0.335 e. The van der Waals surface area contributed by atoms with E-state index in [1.54, 1.807) is 48.6 Å². The monoisotopic (exact) mass is 816 g/mol. The molecule has 2 aliphatic heterocycles. The Morgan fingerprint density at radius 3 is 2.32 bits per heavy atom. The molecule has 1 saturated heterocycles. The van der Waals surface area contributed by atoms with Crippen molar-refractivity contribution in [1.82, 2.24) is 15.5 Å². The van der Waals surface area contributed by atoms with E-state index in [2.05, 4.69) is 16.0 Å². The molecule has 7 N–H and O–H groups in total. The van der Waals surface area contributed by atoms with Crippen LogP contribution in [0.2, 0.25) is 0 Å². The van der Waals surface area contributed by atoms with Gasteiger partial charge >= 0.3 is 11.9 Å². The maximum atomic E-state index is 12.9. The Labute approximate surface area is 298 Å². The molecule has 6 atom stereocenters. The zero-order valence-corrected chi connectivity index (χ0v) is 29.0. The van der Waals surface area contributed by atoms with Crippen molar-refractivity contribution < 1.29 is 68.2 Å².